The standard InChI is InChI=1S/C26H26F3N7O3/c1-16(37)14-34-9-10-35(19(15-34)11-17-13-30-22-6-4-3-5-20(17)22)24(38)21-12-18(7-8-23(21)39-2)36-25(26(27,28)29)31-32-33-36/h3-8,12-13,19,30H,9-11,14-15H2,1-2H3/t19-/m1/s1. The Morgan fingerprint density at radius 3 is 2.69 bits per heavy atom. The molecule has 5 rings (SSSR count). The Bertz CT molecular complexity index is 1510. The van der Waals surface area contributed by atoms with E-state index in [0.717, 1.165) is 16.5 Å². The average Bonchev–Trinajstić information content (AvgIpc) is 3.56. The molecule has 10 nitrogen and oxygen atoms in total. The summed E-state index contributed by atoms with van der Waals surface area (Å²) in [6, 6.07) is 11.6. The van der Waals surface area contributed by atoms with Crippen molar-refractivity contribution in [2.75, 3.05) is 33.3 Å². The van der Waals surface area contributed by atoms with Gasteiger partial charge in [-0.05, 0) is 53.6 Å². The number of aromatic amines is 1. The Kier molecular flexibility index (Phi) is 7.08. The number of tetrazole rings is 1. The summed E-state index contributed by atoms with van der Waals surface area (Å²) in [5, 5.41) is 10.8. The lowest BCUT2D eigenvalue weighted by atomic mass is 9.99. The maximum Gasteiger partial charge on any atom is 0.453 e. The molecule has 39 heavy (non-hydrogen) atoms. The van der Waals surface area contributed by atoms with Gasteiger partial charge < -0.3 is 14.6 Å². The first kappa shape index (κ1) is 26.4. The number of H-pyrrole nitrogens is 1. The summed E-state index contributed by atoms with van der Waals surface area (Å²) in [6.07, 6.45) is -2.36. The molecule has 0 saturated carbocycles. The van der Waals surface area contributed by atoms with Crippen molar-refractivity contribution in [1.29, 1.82) is 0 Å². The summed E-state index contributed by atoms with van der Waals surface area (Å²) >= 11 is 0. The number of amides is 1. The average molecular weight is 542 g/mol. The first-order valence-electron chi connectivity index (χ1n) is 12.3. The van der Waals surface area contributed by atoms with Crippen molar-refractivity contribution in [3.8, 4) is 11.4 Å². The number of benzene rings is 2. The highest BCUT2D eigenvalue weighted by Crippen LogP contribution is 2.31. The molecule has 1 aliphatic rings. The molecule has 0 spiro atoms. The van der Waals surface area contributed by atoms with Crippen LogP contribution in [0, 0.1) is 0 Å². The van der Waals surface area contributed by atoms with Crippen LogP contribution in [0.2, 0.25) is 0 Å². The predicted molar refractivity (Wildman–Crippen MR) is 135 cm³/mol. The number of para-hydroxylation sites is 1. The van der Waals surface area contributed by atoms with Crippen LogP contribution in [0.15, 0.2) is 48.7 Å². The van der Waals surface area contributed by atoms with Crippen molar-refractivity contribution in [3.05, 3.63) is 65.6 Å². The predicted octanol–water partition coefficient (Wildman–Crippen LogP) is 3.13. The number of nitrogens with one attached hydrogen (secondary N) is 1. The fourth-order valence-electron chi connectivity index (χ4n) is 5.06. The van der Waals surface area contributed by atoms with E-state index in [9.17, 15) is 22.8 Å². The Morgan fingerprint density at radius 2 is 1.95 bits per heavy atom. The number of rotatable bonds is 7. The number of fused-ring (bicyclic) bond motifs is 1. The molecule has 0 radical (unpaired) electrons. The van der Waals surface area contributed by atoms with Gasteiger partial charge >= 0.3 is 6.18 Å². The zero-order chi connectivity index (χ0) is 27.7. The van der Waals surface area contributed by atoms with Crippen molar-refractivity contribution in [2.45, 2.75) is 25.6 Å². The van der Waals surface area contributed by atoms with Gasteiger partial charge in [-0.2, -0.15) is 17.9 Å². The second kappa shape index (κ2) is 10.5. The van der Waals surface area contributed by atoms with Crippen molar-refractivity contribution in [2.24, 2.45) is 0 Å². The first-order chi connectivity index (χ1) is 18.7. The zero-order valence-electron chi connectivity index (χ0n) is 21.3. The smallest absolute Gasteiger partial charge is 0.453 e. The van der Waals surface area contributed by atoms with E-state index < -0.39 is 17.9 Å². The number of nitrogens with zero attached hydrogens (tertiary/aromatic N) is 6. The largest absolute Gasteiger partial charge is 0.496 e. The highest BCUT2D eigenvalue weighted by molar-refractivity contribution is 5.98. The quantitative estimate of drug-likeness (QED) is 0.383. The molecule has 1 atom stereocenters. The minimum Gasteiger partial charge on any atom is -0.496 e. The van der Waals surface area contributed by atoms with Gasteiger partial charge in [0.05, 0.1) is 24.9 Å². The molecule has 4 aromatic rings. The lowest BCUT2D eigenvalue weighted by molar-refractivity contribution is -0.146. The van der Waals surface area contributed by atoms with Gasteiger partial charge in [0.1, 0.15) is 11.5 Å². The fraction of sp³-hybridized carbons (Fsp3) is 0.346. The van der Waals surface area contributed by atoms with Crippen molar-refractivity contribution >= 4 is 22.6 Å². The molecule has 2 aromatic carbocycles. The van der Waals surface area contributed by atoms with Gasteiger partial charge in [0.25, 0.3) is 11.7 Å². The molecule has 0 bridgehead atoms. The monoisotopic (exact) mass is 541 g/mol. The zero-order valence-corrected chi connectivity index (χ0v) is 21.3. The summed E-state index contributed by atoms with van der Waals surface area (Å²) in [5.74, 6) is -1.47. The number of alkyl halides is 3. The number of hydrogen-bond acceptors (Lipinski definition) is 7. The number of halogens is 3. The van der Waals surface area contributed by atoms with Crippen LogP contribution < -0.4 is 4.74 Å². The molecule has 0 aliphatic carbocycles. The van der Waals surface area contributed by atoms with Crippen LogP contribution >= 0.6 is 0 Å². The normalized spacial score (nSPS) is 16.5. The number of hydrogen-bond donors (Lipinski definition) is 1. The summed E-state index contributed by atoms with van der Waals surface area (Å²) in [5.41, 5.74) is 2.04. The number of ketones is 1. The van der Waals surface area contributed by atoms with Crippen LogP contribution in [0.4, 0.5) is 13.2 Å². The van der Waals surface area contributed by atoms with Gasteiger partial charge in [-0.25, -0.2) is 0 Å². The van der Waals surface area contributed by atoms with Gasteiger partial charge in [-0.1, -0.05) is 18.2 Å². The summed E-state index contributed by atoms with van der Waals surface area (Å²) in [4.78, 5) is 32.8. The highest BCUT2D eigenvalue weighted by atomic mass is 19.4. The molecule has 1 amide bonds. The number of aromatic nitrogens is 5. The van der Waals surface area contributed by atoms with Gasteiger partial charge in [0.15, 0.2) is 0 Å². The van der Waals surface area contributed by atoms with Crippen LogP contribution in [-0.4, -0.2) is 86.0 Å². The van der Waals surface area contributed by atoms with E-state index >= 15 is 0 Å². The third-order valence-corrected chi connectivity index (χ3v) is 6.79. The van der Waals surface area contributed by atoms with E-state index in [2.05, 4.69) is 20.5 Å². The van der Waals surface area contributed by atoms with Gasteiger partial charge in [-0.3, -0.25) is 14.5 Å². The van der Waals surface area contributed by atoms with E-state index in [4.69, 9.17) is 4.74 Å². The highest BCUT2D eigenvalue weighted by Gasteiger charge is 2.39. The first-order valence-corrected chi connectivity index (χ1v) is 12.3. The Labute approximate surface area is 221 Å². The molecule has 1 aliphatic heterocycles. The summed E-state index contributed by atoms with van der Waals surface area (Å²) < 4.78 is 46.3. The minimum atomic E-state index is -4.79. The van der Waals surface area contributed by atoms with Crippen LogP contribution in [0.3, 0.4) is 0 Å². The van der Waals surface area contributed by atoms with Crippen molar-refractivity contribution in [1.82, 2.24) is 35.0 Å². The Balaban J connectivity index is 1.50. The van der Waals surface area contributed by atoms with Gasteiger partial charge in [0.2, 0.25) is 0 Å². The maximum absolute atomic E-state index is 14.0. The van der Waals surface area contributed by atoms with Gasteiger partial charge in [0, 0.05) is 42.8 Å². The van der Waals surface area contributed by atoms with Gasteiger partial charge in [-0.15, -0.1) is 5.10 Å². The summed E-state index contributed by atoms with van der Waals surface area (Å²) in [7, 11) is 1.39. The number of carbonyl (C=O) groups is 2. The molecular weight excluding hydrogens is 515 g/mol. The van der Waals surface area contributed by atoms with E-state index in [1.165, 1.54) is 32.2 Å². The topological polar surface area (TPSA) is 109 Å². The van der Waals surface area contributed by atoms with Crippen LogP contribution in [-0.2, 0) is 17.4 Å². The minimum absolute atomic E-state index is 0.0249. The Morgan fingerprint density at radius 1 is 1.15 bits per heavy atom. The van der Waals surface area contributed by atoms with Crippen LogP contribution in [0.1, 0.15) is 28.7 Å². The lowest BCUT2D eigenvalue weighted by Crippen LogP contribution is -2.56. The molecule has 13 heteroatoms. The number of carbonyl (C=O) groups excluding carboxylic acids is 2. The molecule has 1 saturated heterocycles. The van der Waals surface area contributed by atoms with Crippen molar-refractivity contribution < 1.29 is 27.5 Å². The van der Waals surface area contributed by atoms with Crippen LogP contribution in [0.25, 0.3) is 16.6 Å². The second-order valence-corrected chi connectivity index (χ2v) is 9.45. The number of Topliss-reactive ketones (excluding diaryl/α,β-unsaturated/α-hetero) is 1. The van der Waals surface area contributed by atoms with E-state index in [1.54, 1.807) is 4.90 Å². The summed E-state index contributed by atoms with van der Waals surface area (Å²) in [6.45, 7) is 3.05. The molecular formula is C26H26F3N7O3. The second-order valence-electron chi connectivity index (χ2n) is 9.45. The molecule has 1 fully saturated rings. The SMILES string of the molecule is COc1ccc(-n2nnnc2C(F)(F)F)cc1C(=O)N1CCN(CC(C)=O)C[C@H]1Cc1c[nH]c2ccccc12. The molecule has 0 unspecified atom stereocenters. The molecule has 1 N–H and O–H groups in total. The molecule has 3 heterocycles. The third-order valence-electron chi connectivity index (χ3n) is 6.79. The third kappa shape index (κ3) is 5.35. The fourth-order valence-corrected chi connectivity index (χ4v) is 5.06. The number of ether oxygens (including phenoxy) is 1. The van der Waals surface area contributed by atoms with Crippen LogP contribution in [0.5, 0.6) is 5.75 Å². The lowest BCUT2D eigenvalue weighted by Gasteiger charge is -2.41. The Hall–Kier alpha value is -4.26. The molecule has 2 aromatic heterocycles. The van der Waals surface area contributed by atoms with E-state index in [1.807, 2.05) is 35.4 Å². The number of piperazine rings is 1. The maximum atomic E-state index is 14.0. The number of methoxy groups -OCH3 is 1. The van der Waals surface area contributed by atoms with Crippen molar-refractivity contribution in [3.63, 3.8) is 0 Å². The van der Waals surface area contributed by atoms with E-state index in [0.29, 0.717) is 30.7 Å². The molecule has 204 valence electrons. The van der Waals surface area contributed by atoms with E-state index in [-0.39, 0.29) is 35.4 Å².